The fraction of sp³-hybridized carbons (Fsp3) is 0.500. The fourth-order valence-corrected chi connectivity index (χ4v) is 0.305. The number of urea groups is 1. The van der Waals surface area contributed by atoms with Crippen molar-refractivity contribution in [1.29, 1.82) is 0 Å². The molecule has 0 unspecified atom stereocenters. The number of carbonyl (C=O) groups excluding carboxylic acids is 2. The van der Waals surface area contributed by atoms with Crippen LogP contribution in [0.1, 0.15) is 27.7 Å². The second-order valence-corrected chi connectivity index (χ2v) is 1.96. The molecule has 0 aromatic heterocycles. The molecule has 0 spiro atoms. The minimum Gasteiger partial charge on any atom is -0.314 e. The van der Waals surface area contributed by atoms with E-state index >= 15 is 0 Å². The molecule has 0 aliphatic heterocycles. The SMILES string of the molecule is CC.CC(C)=CNC(=O)NC=O. The molecule has 0 aliphatic carbocycles. The lowest BCUT2D eigenvalue weighted by molar-refractivity contribution is -0.108. The summed E-state index contributed by atoms with van der Waals surface area (Å²) in [7, 11) is 0. The van der Waals surface area contributed by atoms with E-state index in [1.54, 1.807) is 0 Å². The molecule has 0 saturated carbocycles. The van der Waals surface area contributed by atoms with Gasteiger partial charge < -0.3 is 5.32 Å². The molecular formula is C8H16N2O2. The van der Waals surface area contributed by atoms with E-state index in [0.29, 0.717) is 6.41 Å². The van der Waals surface area contributed by atoms with Crippen LogP contribution in [0.15, 0.2) is 11.8 Å². The molecule has 12 heavy (non-hydrogen) atoms. The average molecular weight is 172 g/mol. The lowest BCUT2D eigenvalue weighted by Crippen LogP contribution is -2.30. The van der Waals surface area contributed by atoms with Crippen molar-refractivity contribution < 1.29 is 9.59 Å². The Morgan fingerprint density at radius 1 is 1.17 bits per heavy atom. The quantitative estimate of drug-likeness (QED) is 0.618. The monoisotopic (exact) mass is 172 g/mol. The first-order valence-corrected chi connectivity index (χ1v) is 3.81. The van der Waals surface area contributed by atoms with E-state index in [0.717, 1.165) is 5.57 Å². The van der Waals surface area contributed by atoms with Crippen LogP contribution in [0, 0.1) is 0 Å². The maximum absolute atomic E-state index is 10.4. The predicted octanol–water partition coefficient (Wildman–Crippen LogP) is 1.39. The number of rotatable bonds is 2. The van der Waals surface area contributed by atoms with Crippen LogP contribution in [-0.4, -0.2) is 12.4 Å². The normalized spacial score (nSPS) is 7.00. The molecule has 4 nitrogen and oxygen atoms in total. The van der Waals surface area contributed by atoms with Gasteiger partial charge in [-0.1, -0.05) is 19.4 Å². The minimum atomic E-state index is -0.517. The van der Waals surface area contributed by atoms with Gasteiger partial charge in [-0.25, -0.2) is 4.79 Å². The van der Waals surface area contributed by atoms with Gasteiger partial charge in [0, 0.05) is 6.20 Å². The Morgan fingerprint density at radius 2 is 1.67 bits per heavy atom. The predicted molar refractivity (Wildman–Crippen MR) is 48.5 cm³/mol. The highest BCUT2D eigenvalue weighted by molar-refractivity contribution is 5.84. The van der Waals surface area contributed by atoms with Gasteiger partial charge >= 0.3 is 6.03 Å². The molecule has 0 aromatic rings. The number of imide groups is 1. The third kappa shape index (κ3) is 11.5. The third-order valence-corrected chi connectivity index (χ3v) is 0.682. The number of hydrogen-bond acceptors (Lipinski definition) is 2. The van der Waals surface area contributed by atoms with E-state index in [1.165, 1.54) is 6.20 Å². The molecule has 0 radical (unpaired) electrons. The van der Waals surface area contributed by atoms with Crippen molar-refractivity contribution in [3.63, 3.8) is 0 Å². The zero-order valence-corrected chi connectivity index (χ0v) is 7.97. The summed E-state index contributed by atoms with van der Waals surface area (Å²) in [5.41, 5.74) is 0.959. The third-order valence-electron chi connectivity index (χ3n) is 0.682. The Balaban J connectivity index is 0. The van der Waals surface area contributed by atoms with Crippen LogP contribution in [-0.2, 0) is 4.79 Å². The fourth-order valence-electron chi connectivity index (χ4n) is 0.305. The van der Waals surface area contributed by atoms with E-state index < -0.39 is 6.03 Å². The lowest BCUT2D eigenvalue weighted by atomic mass is 10.4. The Morgan fingerprint density at radius 3 is 2.00 bits per heavy atom. The molecule has 0 fully saturated rings. The van der Waals surface area contributed by atoms with Crippen LogP contribution in [0.25, 0.3) is 0 Å². The first kappa shape index (κ1) is 13.3. The number of nitrogens with one attached hydrogen (secondary N) is 2. The van der Waals surface area contributed by atoms with Crippen LogP contribution in [0.3, 0.4) is 0 Å². The summed E-state index contributed by atoms with van der Waals surface area (Å²) in [6, 6.07) is -0.517. The maximum atomic E-state index is 10.4. The zero-order chi connectivity index (χ0) is 9.98. The summed E-state index contributed by atoms with van der Waals surface area (Å²) in [6.07, 6.45) is 1.84. The minimum absolute atomic E-state index is 0.328. The Labute approximate surface area is 73.0 Å². The standard InChI is InChI=1S/C6H10N2O2.C2H6/c1-5(2)3-7-6(10)8-4-9;1-2/h3-4H,1-2H3,(H2,7,8,9,10);1-2H3. The van der Waals surface area contributed by atoms with E-state index in [1.807, 2.05) is 33.0 Å². The van der Waals surface area contributed by atoms with Gasteiger partial charge in [0.15, 0.2) is 0 Å². The van der Waals surface area contributed by atoms with Gasteiger partial charge in [-0.2, -0.15) is 0 Å². The van der Waals surface area contributed by atoms with Crippen LogP contribution in [0.4, 0.5) is 4.79 Å². The van der Waals surface area contributed by atoms with E-state index in [4.69, 9.17) is 0 Å². The van der Waals surface area contributed by atoms with Gasteiger partial charge in [0.1, 0.15) is 0 Å². The maximum Gasteiger partial charge on any atom is 0.325 e. The van der Waals surface area contributed by atoms with E-state index in [-0.39, 0.29) is 0 Å². The van der Waals surface area contributed by atoms with Crippen molar-refractivity contribution in [2.45, 2.75) is 27.7 Å². The molecule has 0 rings (SSSR count). The topological polar surface area (TPSA) is 58.2 Å². The van der Waals surface area contributed by atoms with Crippen LogP contribution >= 0.6 is 0 Å². The average Bonchev–Trinajstić information content (AvgIpc) is 2.05. The second kappa shape index (κ2) is 9.68. The summed E-state index contributed by atoms with van der Waals surface area (Å²) >= 11 is 0. The van der Waals surface area contributed by atoms with Gasteiger partial charge in [-0.15, -0.1) is 0 Å². The Bertz CT molecular complexity index is 160. The van der Waals surface area contributed by atoms with Crippen molar-refractivity contribution in [2.24, 2.45) is 0 Å². The molecule has 70 valence electrons. The Kier molecular flexibility index (Phi) is 10.7. The molecule has 0 aromatic carbocycles. The molecule has 4 heteroatoms. The van der Waals surface area contributed by atoms with Gasteiger partial charge in [0.05, 0.1) is 0 Å². The second-order valence-electron chi connectivity index (χ2n) is 1.96. The van der Waals surface area contributed by atoms with Crippen molar-refractivity contribution >= 4 is 12.4 Å². The molecule has 0 bridgehead atoms. The van der Waals surface area contributed by atoms with E-state index in [2.05, 4.69) is 5.32 Å². The number of carbonyl (C=O) groups is 2. The number of allylic oxidation sites excluding steroid dienone is 1. The molecule has 0 atom stereocenters. The Hall–Kier alpha value is -1.32. The van der Waals surface area contributed by atoms with Gasteiger partial charge in [0.25, 0.3) is 0 Å². The summed E-state index contributed by atoms with van der Waals surface area (Å²) in [6.45, 7) is 7.67. The van der Waals surface area contributed by atoms with Gasteiger partial charge in [0.2, 0.25) is 6.41 Å². The van der Waals surface area contributed by atoms with Crippen molar-refractivity contribution in [2.75, 3.05) is 0 Å². The largest absolute Gasteiger partial charge is 0.325 e. The van der Waals surface area contributed by atoms with Crippen molar-refractivity contribution in [1.82, 2.24) is 10.6 Å². The zero-order valence-electron chi connectivity index (χ0n) is 7.97. The van der Waals surface area contributed by atoms with Crippen molar-refractivity contribution in [3.8, 4) is 0 Å². The summed E-state index contributed by atoms with van der Waals surface area (Å²) < 4.78 is 0. The first-order chi connectivity index (χ1) is 5.66. The number of hydrogen-bond donors (Lipinski definition) is 2. The van der Waals surface area contributed by atoms with E-state index in [9.17, 15) is 9.59 Å². The summed E-state index contributed by atoms with van der Waals surface area (Å²) in [5, 5.41) is 4.27. The highest BCUT2D eigenvalue weighted by Gasteiger charge is 1.91. The molecule has 0 aliphatic rings. The summed E-state index contributed by atoms with van der Waals surface area (Å²) in [4.78, 5) is 20.1. The highest BCUT2D eigenvalue weighted by atomic mass is 16.2. The first-order valence-electron chi connectivity index (χ1n) is 3.81. The van der Waals surface area contributed by atoms with Crippen LogP contribution in [0.5, 0.6) is 0 Å². The summed E-state index contributed by atoms with van der Waals surface area (Å²) in [5.74, 6) is 0. The number of amides is 3. The van der Waals surface area contributed by atoms with Crippen molar-refractivity contribution in [3.05, 3.63) is 11.8 Å². The smallest absolute Gasteiger partial charge is 0.314 e. The molecule has 0 heterocycles. The molecule has 2 N–H and O–H groups in total. The van der Waals surface area contributed by atoms with Crippen LogP contribution < -0.4 is 10.6 Å². The van der Waals surface area contributed by atoms with Crippen LogP contribution in [0.2, 0.25) is 0 Å². The molecular weight excluding hydrogens is 156 g/mol. The molecule has 3 amide bonds. The molecule has 0 saturated heterocycles. The lowest BCUT2D eigenvalue weighted by Gasteiger charge is -1.95. The highest BCUT2D eigenvalue weighted by Crippen LogP contribution is 1.82. The van der Waals surface area contributed by atoms with Gasteiger partial charge in [-0.05, 0) is 13.8 Å². The van der Waals surface area contributed by atoms with Gasteiger partial charge in [-0.3, -0.25) is 10.1 Å².